The third-order valence-electron chi connectivity index (χ3n) is 1.51. The van der Waals surface area contributed by atoms with Crippen molar-refractivity contribution in [3.05, 3.63) is 18.5 Å². The van der Waals surface area contributed by atoms with E-state index in [1.54, 1.807) is 17.0 Å². The number of nitrogens with zero attached hydrogens (tertiary/aromatic N) is 3. The molecular weight excluding hydrogens is 190 g/mol. The van der Waals surface area contributed by atoms with Gasteiger partial charge in [-0.15, -0.1) is 10.2 Å². The molecule has 0 radical (unpaired) electrons. The lowest BCUT2D eigenvalue weighted by Crippen LogP contribution is -2.04. The van der Waals surface area contributed by atoms with Crippen molar-refractivity contribution in [2.75, 3.05) is 0 Å². The van der Waals surface area contributed by atoms with Gasteiger partial charge in [0.25, 0.3) is 0 Å². The first kappa shape index (κ1) is 8.31. The van der Waals surface area contributed by atoms with Crippen molar-refractivity contribution in [3.8, 4) is 0 Å². The van der Waals surface area contributed by atoms with Crippen LogP contribution in [0, 0.1) is 0 Å². The van der Waals surface area contributed by atoms with Gasteiger partial charge in [0.2, 0.25) is 0 Å². The fourth-order valence-corrected chi connectivity index (χ4v) is 1.71. The van der Waals surface area contributed by atoms with E-state index in [4.69, 9.17) is 4.74 Å². The molecule has 68 valence electrons. The third-order valence-corrected chi connectivity index (χ3v) is 2.58. The first-order chi connectivity index (χ1) is 6.25. The Morgan fingerprint density at radius 3 is 3.08 bits per heavy atom. The van der Waals surface area contributed by atoms with Gasteiger partial charge in [0.1, 0.15) is 6.33 Å². The van der Waals surface area contributed by atoms with Gasteiger partial charge in [-0.2, -0.15) is 0 Å². The number of carbonyl (C=O) groups excluding carboxylic acids is 1. The van der Waals surface area contributed by atoms with E-state index in [-0.39, 0.29) is 11.4 Å². The Labute approximate surface area is 78.8 Å². The van der Waals surface area contributed by atoms with Crippen molar-refractivity contribution in [2.45, 2.75) is 10.6 Å². The van der Waals surface area contributed by atoms with Crippen LogP contribution in [0.2, 0.25) is 0 Å². The molecule has 0 saturated carbocycles. The van der Waals surface area contributed by atoms with Crippen LogP contribution in [0.25, 0.3) is 0 Å². The van der Waals surface area contributed by atoms with Crippen molar-refractivity contribution in [1.82, 2.24) is 14.8 Å². The average molecular weight is 197 g/mol. The summed E-state index contributed by atoms with van der Waals surface area (Å²) in [4.78, 5) is 10.7. The fraction of sp³-hybridized carbons (Fsp3) is 0.286. The number of ether oxygens (including phenoxy) is 1. The molecule has 1 aromatic heterocycles. The van der Waals surface area contributed by atoms with Crippen LogP contribution in [0.15, 0.2) is 23.6 Å². The molecule has 1 aromatic rings. The van der Waals surface area contributed by atoms with Crippen LogP contribution in [-0.2, 0) is 16.6 Å². The summed E-state index contributed by atoms with van der Waals surface area (Å²) in [6.45, 7) is 0. The van der Waals surface area contributed by atoms with Gasteiger partial charge in [0.15, 0.2) is 10.6 Å². The highest BCUT2D eigenvalue weighted by atomic mass is 32.2. The van der Waals surface area contributed by atoms with Crippen LogP contribution in [0.1, 0.15) is 0 Å². The summed E-state index contributed by atoms with van der Waals surface area (Å²) in [5, 5.41) is 8.29. The number of esters is 1. The van der Waals surface area contributed by atoms with Gasteiger partial charge < -0.3 is 9.30 Å². The van der Waals surface area contributed by atoms with Crippen molar-refractivity contribution < 1.29 is 9.53 Å². The lowest BCUT2D eigenvalue weighted by molar-refractivity contribution is -0.135. The second-order valence-electron chi connectivity index (χ2n) is 2.51. The molecule has 0 bridgehead atoms. The van der Waals surface area contributed by atoms with Crippen LogP contribution in [0.4, 0.5) is 0 Å². The van der Waals surface area contributed by atoms with E-state index in [9.17, 15) is 4.79 Å². The topological polar surface area (TPSA) is 57.0 Å². The second-order valence-corrected chi connectivity index (χ2v) is 3.57. The van der Waals surface area contributed by atoms with Crippen LogP contribution in [-0.4, -0.2) is 26.2 Å². The Morgan fingerprint density at radius 2 is 2.54 bits per heavy atom. The quantitative estimate of drug-likeness (QED) is 0.640. The van der Waals surface area contributed by atoms with Crippen LogP contribution in [0.5, 0.6) is 0 Å². The van der Waals surface area contributed by atoms with Crippen molar-refractivity contribution in [1.29, 1.82) is 0 Å². The van der Waals surface area contributed by atoms with Crippen LogP contribution < -0.4 is 0 Å². The number of thioether (sulfide) groups is 1. The minimum absolute atomic E-state index is 0.268. The Hall–Kier alpha value is -1.30. The Bertz CT molecular complexity index is 360. The molecule has 0 spiro atoms. The van der Waals surface area contributed by atoms with E-state index < -0.39 is 0 Å². The molecule has 0 aliphatic carbocycles. The summed E-state index contributed by atoms with van der Waals surface area (Å²) in [5.41, 5.74) is -0.268. The molecule has 0 saturated heterocycles. The molecule has 5 nitrogen and oxygen atoms in total. The Kier molecular flexibility index (Phi) is 2.05. The smallest absolute Gasteiger partial charge is 0.332 e. The number of hydrogen-bond acceptors (Lipinski definition) is 5. The summed E-state index contributed by atoms with van der Waals surface area (Å²) in [6, 6.07) is 0. The first-order valence-corrected chi connectivity index (χ1v) is 4.53. The number of carbonyl (C=O) groups is 1. The van der Waals surface area contributed by atoms with Gasteiger partial charge in [-0.1, -0.05) is 0 Å². The van der Waals surface area contributed by atoms with E-state index in [2.05, 4.69) is 10.2 Å². The molecular formula is C7H7N3O2S. The number of aryl methyl sites for hydroxylation is 1. The highest BCUT2D eigenvalue weighted by Crippen LogP contribution is 2.25. The minimum Gasteiger partial charge on any atom is -0.443 e. The van der Waals surface area contributed by atoms with E-state index in [1.165, 1.54) is 17.8 Å². The Morgan fingerprint density at radius 1 is 1.69 bits per heavy atom. The molecule has 1 aliphatic heterocycles. The molecule has 1 aliphatic rings. The molecule has 1 atom stereocenters. The maximum Gasteiger partial charge on any atom is 0.332 e. The molecule has 6 heteroatoms. The molecule has 1 unspecified atom stereocenters. The van der Waals surface area contributed by atoms with Gasteiger partial charge >= 0.3 is 5.97 Å². The van der Waals surface area contributed by atoms with Crippen molar-refractivity contribution in [3.63, 3.8) is 0 Å². The summed E-state index contributed by atoms with van der Waals surface area (Å²) < 4.78 is 6.69. The monoisotopic (exact) mass is 197 g/mol. The Balaban J connectivity index is 2.04. The molecule has 13 heavy (non-hydrogen) atoms. The highest BCUT2D eigenvalue weighted by Gasteiger charge is 2.19. The first-order valence-electron chi connectivity index (χ1n) is 3.65. The van der Waals surface area contributed by atoms with Crippen molar-refractivity contribution >= 4 is 17.7 Å². The SMILES string of the molecule is Cn1cnnc1SC1C=CC(=O)O1. The van der Waals surface area contributed by atoms with E-state index in [0.717, 1.165) is 5.16 Å². The van der Waals surface area contributed by atoms with Gasteiger partial charge in [0, 0.05) is 13.1 Å². The maximum absolute atomic E-state index is 10.7. The van der Waals surface area contributed by atoms with E-state index >= 15 is 0 Å². The van der Waals surface area contributed by atoms with E-state index in [1.807, 2.05) is 7.05 Å². The zero-order valence-corrected chi connectivity index (χ0v) is 7.69. The van der Waals surface area contributed by atoms with Gasteiger partial charge in [0.05, 0.1) is 0 Å². The molecule has 0 fully saturated rings. The zero-order chi connectivity index (χ0) is 9.26. The molecule has 2 heterocycles. The van der Waals surface area contributed by atoms with E-state index in [0.29, 0.717) is 0 Å². The number of rotatable bonds is 2. The number of aromatic nitrogens is 3. The van der Waals surface area contributed by atoms with Crippen molar-refractivity contribution in [2.24, 2.45) is 7.05 Å². The standard InChI is InChI=1S/C7H7N3O2S/c1-10-4-8-9-7(10)13-6-3-2-5(11)12-6/h2-4,6H,1H3. The largest absolute Gasteiger partial charge is 0.443 e. The van der Waals surface area contributed by atoms with Crippen LogP contribution >= 0.6 is 11.8 Å². The van der Waals surface area contributed by atoms with Gasteiger partial charge in [-0.3, -0.25) is 0 Å². The lowest BCUT2D eigenvalue weighted by Gasteiger charge is -2.05. The summed E-state index contributed by atoms with van der Waals surface area (Å²) >= 11 is 1.35. The normalized spacial score (nSPS) is 20.7. The average Bonchev–Trinajstić information content (AvgIpc) is 2.64. The number of cyclic esters (lactones) is 1. The van der Waals surface area contributed by atoms with Gasteiger partial charge in [-0.25, -0.2) is 4.79 Å². The van der Waals surface area contributed by atoms with Gasteiger partial charge in [-0.05, 0) is 17.8 Å². The van der Waals surface area contributed by atoms with Crippen LogP contribution in [0.3, 0.4) is 0 Å². The minimum atomic E-state index is -0.306. The lowest BCUT2D eigenvalue weighted by atomic mass is 10.6. The molecule has 0 aromatic carbocycles. The second kappa shape index (κ2) is 3.21. The number of hydrogen-bond donors (Lipinski definition) is 0. The third kappa shape index (κ3) is 1.72. The zero-order valence-electron chi connectivity index (χ0n) is 6.88. The predicted octanol–water partition coefficient (Wildman–Crippen LogP) is 0.346. The summed E-state index contributed by atoms with van der Waals surface area (Å²) in [5.74, 6) is -0.306. The highest BCUT2D eigenvalue weighted by molar-refractivity contribution is 7.99. The predicted molar refractivity (Wildman–Crippen MR) is 45.9 cm³/mol. The summed E-state index contributed by atoms with van der Waals surface area (Å²) in [6.07, 6.45) is 4.71. The molecule has 2 rings (SSSR count). The fourth-order valence-electron chi connectivity index (χ4n) is 0.897. The molecule has 0 amide bonds. The maximum atomic E-state index is 10.7. The summed E-state index contributed by atoms with van der Waals surface area (Å²) in [7, 11) is 1.84. The molecule has 0 N–H and O–H groups in total.